The number of hydrogen-bond acceptors (Lipinski definition) is 5. The summed E-state index contributed by atoms with van der Waals surface area (Å²) in [5, 5.41) is 11.4. The summed E-state index contributed by atoms with van der Waals surface area (Å²) in [6, 6.07) is 27.0. The van der Waals surface area contributed by atoms with Crippen LogP contribution in [-0.4, -0.2) is 55.5 Å². The van der Waals surface area contributed by atoms with Gasteiger partial charge in [-0.3, -0.25) is 0 Å². The van der Waals surface area contributed by atoms with E-state index < -0.39 is 10.0 Å². The number of hydrogen-bond donors (Lipinski definition) is 1. The average Bonchev–Trinajstić information content (AvgIpc) is 3.35. The Bertz CT molecular complexity index is 1680. The molecule has 5 aromatic rings. The van der Waals surface area contributed by atoms with Crippen LogP contribution in [0.25, 0.3) is 39.6 Å². The van der Waals surface area contributed by atoms with Crippen molar-refractivity contribution in [3.05, 3.63) is 96.1 Å². The number of aromatic nitrogens is 3. The lowest BCUT2D eigenvalue weighted by Crippen LogP contribution is -2.28. The molecule has 4 aromatic carbocycles. The predicted molar refractivity (Wildman–Crippen MR) is 150 cm³/mol. The van der Waals surface area contributed by atoms with Crippen molar-refractivity contribution in [1.82, 2.24) is 24.6 Å². The molecule has 0 spiro atoms. The summed E-state index contributed by atoms with van der Waals surface area (Å²) in [4.78, 5) is 3.72. The Morgan fingerprint density at radius 3 is 2.49 bits per heavy atom. The Hall–Kier alpha value is -3.85. The molecule has 188 valence electrons. The van der Waals surface area contributed by atoms with Gasteiger partial charge < -0.3 is 4.90 Å². The Kier molecular flexibility index (Phi) is 7.14. The summed E-state index contributed by atoms with van der Waals surface area (Å²) in [7, 11) is 0.157. The molecule has 0 radical (unpaired) electrons. The maximum atomic E-state index is 13.4. The summed E-state index contributed by atoms with van der Waals surface area (Å²) >= 11 is 0. The first kappa shape index (κ1) is 24.8. The maximum absolute atomic E-state index is 13.4. The topological polar surface area (TPSA) is 80.1 Å². The van der Waals surface area contributed by atoms with E-state index in [0.29, 0.717) is 24.2 Å². The third kappa shape index (κ3) is 5.61. The third-order valence-corrected chi connectivity index (χ3v) is 7.64. The molecule has 37 heavy (non-hydrogen) atoms. The third-order valence-electron chi connectivity index (χ3n) is 6.12. The van der Waals surface area contributed by atoms with E-state index in [2.05, 4.69) is 9.82 Å². The van der Waals surface area contributed by atoms with Crippen molar-refractivity contribution in [3.63, 3.8) is 0 Å². The summed E-state index contributed by atoms with van der Waals surface area (Å²) in [6.45, 7) is 1.14. The number of rotatable bonds is 9. The monoisotopic (exact) mass is 511 g/mol. The molecule has 0 atom stereocenters. The van der Waals surface area contributed by atoms with Crippen molar-refractivity contribution >= 4 is 44.0 Å². The van der Waals surface area contributed by atoms with Gasteiger partial charge in [0, 0.05) is 11.9 Å². The largest absolute Gasteiger partial charge is 0.309 e. The first-order valence-electron chi connectivity index (χ1n) is 12.2. The fraction of sp³-hybridized carbons (Fsp3) is 0.172. The molecule has 0 saturated carbocycles. The zero-order valence-corrected chi connectivity index (χ0v) is 21.7. The van der Waals surface area contributed by atoms with Crippen LogP contribution in [0.4, 0.5) is 0 Å². The summed E-state index contributed by atoms with van der Waals surface area (Å²) in [5.41, 5.74) is 3.68. The number of fused-ring (bicyclic) bond motifs is 3. The maximum Gasteiger partial charge on any atom is 0.241 e. The van der Waals surface area contributed by atoms with Crippen LogP contribution in [0, 0.1) is 0 Å². The second-order valence-electron chi connectivity index (χ2n) is 9.16. The molecule has 0 amide bonds. The lowest BCUT2D eigenvalue weighted by molar-refractivity contribution is 0.400. The number of nitrogens with one attached hydrogen (secondary N) is 1. The Labute approximate surface area is 217 Å². The molecular formula is C29H29N5O2S. The van der Waals surface area contributed by atoms with Gasteiger partial charge in [0.05, 0.1) is 10.6 Å². The smallest absolute Gasteiger partial charge is 0.241 e. The lowest BCUT2D eigenvalue weighted by Gasteiger charge is -2.13. The highest BCUT2D eigenvalue weighted by molar-refractivity contribution is 7.89. The van der Waals surface area contributed by atoms with E-state index in [1.807, 2.05) is 104 Å². The molecule has 1 N–H and O–H groups in total. The fourth-order valence-electron chi connectivity index (χ4n) is 4.21. The van der Waals surface area contributed by atoms with E-state index in [0.717, 1.165) is 33.9 Å². The Morgan fingerprint density at radius 2 is 1.68 bits per heavy atom. The highest BCUT2D eigenvalue weighted by Gasteiger charge is 2.19. The first-order valence-corrected chi connectivity index (χ1v) is 13.7. The lowest BCUT2D eigenvalue weighted by atomic mass is 10.1. The van der Waals surface area contributed by atoms with Crippen LogP contribution in [0.15, 0.2) is 89.8 Å². The van der Waals surface area contributed by atoms with Gasteiger partial charge in [0.1, 0.15) is 11.0 Å². The van der Waals surface area contributed by atoms with Crippen molar-refractivity contribution in [2.24, 2.45) is 0 Å². The molecule has 0 fully saturated rings. The van der Waals surface area contributed by atoms with Crippen LogP contribution in [0.2, 0.25) is 0 Å². The van der Waals surface area contributed by atoms with Crippen molar-refractivity contribution in [3.8, 4) is 5.69 Å². The van der Waals surface area contributed by atoms with Crippen molar-refractivity contribution in [2.45, 2.75) is 11.3 Å². The average molecular weight is 512 g/mol. The van der Waals surface area contributed by atoms with Crippen molar-refractivity contribution in [2.75, 3.05) is 27.2 Å². The minimum atomic E-state index is -3.78. The van der Waals surface area contributed by atoms with Crippen LogP contribution < -0.4 is 4.72 Å². The van der Waals surface area contributed by atoms with Gasteiger partial charge in [-0.1, -0.05) is 78.9 Å². The molecule has 1 aromatic heterocycles. The Balaban J connectivity index is 1.55. The minimum absolute atomic E-state index is 0.188. The van der Waals surface area contributed by atoms with E-state index >= 15 is 0 Å². The molecular weight excluding hydrogens is 482 g/mol. The van der Waals surface area contributed by atoms with Gasteiger partial charge in [0.25, 0.3) is 0 Å². The van der Waals surface area contributed by atoms with E-state index in [-0.39, 0.29) is 4.90 Å². The summed E-state index contributed by atoms with van der Waals surface area (Å²) in [6.07, 6.45) is 4.45. The van der Waals surface area contributed by atoms with Gasteiger partial charge in [-0.05, 0) is 61.8 Å². The van der Waals surface area contributed by atoms with Crippen LogP contribution >= 0.6 is 0 Å². The quantitative estimate of drug-likeness (QED) is 0.223. The van der Waals surface area contributed by atoms with Gasteiger partial charge in [-0.15, -0.1) is 10.2 Å². The SMILES string of the molecule is CN(C)CCCNS(=O)(=O)c1cc(-n2nc3ccc4ccccc4c3n2)ccc1/C=C/c1ccccc1. The predicted octanol–water partition coefficient (Wildman–Crippen LogP) is 4.97. The Morgan fingerprint density at radius 1 is 0.892 bits per heavy atom. The van der Waals surface area contributed by atoms with E-state index in [1.165, 1.54) is 4.80 Å². The van der Waals surface area contributed by atoms with Crippen LogP contribution in [0.5, 0.6) is 0 Å². The van der Waals surface area contributed by atoms with Crippen LogP contribution in [0.3, 0.4) is 0 Å². The molecule has 0 bridgehead atoms. The van der Waals surface area contributed by atoms with Crippen LogP contribution in [0.1, 0.15) is 17.5 Å². The second-order valence-corrected chi connectivity index (χ2v) is 10.9. The minimum Gasteiger partial charge on any atom is -0.309 e. The van der Waals surface area contributed by atoms with Gasteiger partial charge in [0.2, 0.25) is 10.0 Å². The first-order chi connectivity index (χ1) is 17.9. The molecule has 5 rings (SSSR count). The van der Waals surface area contributed by atoms with Gasteiger partial charge >= 0.3 is 0 Å². The molecule has 0 aliphatic rings. The second kappa shape index (κ2) is 10.6. The normalized spacial score (nSPS) is 12.3. The van der Waals surface area contributed by atoms with Crippen molar-refractivity contribution in [1.29, 1.82) is 0 Å². The number of nitrogens with zero attached hydrogens (tertiary/aromatic N) is 4. The molecule has 0 saturated heterocycles. The van der Waals surface area contributed by atoms with Crippen molar-refractivity contribution < 1.29 is 8.42 Å². The summed E-state index contributed by atoms with van der Waals surface area (Å²) < 4.78 is 29.6. The van der Waals surface area contributed by atoms with E-state index in [1.54, 1.807) is 12.1 Å². The molecule has 7 nitrogen and oxygen atoms in total. The van der Waals surface area contributed by atoms with Gasteiger partial charge in [0.15, 0.2) is 0 Å². The molecule has 8 heteroatoms. The van der Waals surface area contributed by atoms with E-state index in [4.69, 9.17) is 5.10 Å². The molecule has 0 unspecified atom stereocenters. The van der Waals surface area contributed by atoms with Gasteiger partial charge in [-0.2, -0.15) is 4.80 Å². The van der Waals surface area contributed by atoms with E-state index in [9.17, 15) is 8.42 Å². The summed E-state index contributed by atoms with van der Waals surface area (Å²) in [5.74, 6) is 0. The number of sulfonamides is 1. The fourth-order valence-corrected chi connectivity index (χ4v) is 5.50. The highest BCUT2D eigenvalue weighted by atomic mass is 32.2. The molecule has 0 aliphatic carbocycles. The van der Waals surface area contributed by atoms with Crippen LogP contribution in [-0.2, 0) is 10.0 Å². The van der Waals surface area contributed by atoms with Gasteiger partial charge in [-0.25, -0.2) is 13.1 Å². The molecule has 1 heterocycles. The zero-order valence-electron chi connectivity index (χ0n) is 20.9. The highest BCUT2D eigenvalue weighted by Crippen LogP contribution is 2.26. The number of benzene rings is 4. The molecule has 0 aliphatic heterocycles. The standard InChI is InChI=1S/C29H29N5O2S/c1-33(2)20-8-19-30-37(35,36)28-21-25(17-15-24(28)14-13-22-9-4-3-5-10-22)34-31-27-18-16-23-11-6-7-12-26(23)29(27)32-34/h3-7,9-18,21,30H,8,19-20H2,1-2H3/b14-13+. The zero-order chi connectivity index (χ0) is 25.8.